The molecule has 1 aliphatic carbocycles. The minimum atomic E-state index is -0.972. The third kappa shape index (κ3) is 4.52. The summed E-state index contributed by atoms with van der Waals surface area (Å²) in [7, 11) is 0. The van der Waals surface area contributed by atoms with Gasteiger partial charge in [-0.2, -0.15) is 0 Å². The van der Waals surface area contributed by atoms with Crippen LogP contribution in [0.3, 0.4) is 0 Å². The molecule has 2 amide bonds. The van der Waals surface area contributed by atoms with Gasteiger partial charge in [-0.05, 0) is 40.5 Å². The number of hydrogen-bond acceptors (Lipinski definition) is 4. The third-order valence-corrected chi connectivity index (χ3v) is 7.18. The second kappa shape index (κ2) is 9.49. The summed E-state index contributed by atoms with van der Waals surface area (Å²) in [6.45, 7) is 6.47. The highest BCUT2D eigenvalue weighted by Crippen LogP contribution is 2.44. The van der Waals surface area contributed by atoms with Crippen LogP contribution >= 0.6 is 0 Å². The zero-order valence-electron chi connectivity index (χ0n) is 19.9. The summed E-state index contributed by atoms with van der Waals surface area (Å²) in [6.07, 6.45) is 0.541. The molecule has 1 saturated heterocycles. The van der Waals surface area contributed by atoms with Gasteiger partial charge in [0.05, 0.1) is 0 Å². The molecule has 7 nitrogen and oxygen atoms in total. The van der Waals surface area contributed by atoms with E-state index in [1.165, 1.54) is 16.0 Å². The quantitative estimate of drug-likeness (QED) is 0.638. The van der Waals surface area contributed by atoms with E-state index < -0.39 is 29.4 Å². The Morgan fingerprint density at radius 1 is 1.09 bits per heavy atom. The molecule has 0 spiro atoms. The van der Waals surface area contributed by atoms with E-state index in [1.807, 2.05) is 38.1 Å². The summed E-state index contributed by atoms with van der Waals surface area (Å²) in [5.74, 6) is -1.57. The van der Waals surface area contributed by atoms with E-state index in [9.17, 15) is 19.5 Å². The Morgan fingerprint density at radius 2 is 1.68 bits per heavy atom. The van der Waals surface area contributed by atoms with Crippen molar-refractivity contribution in [2.75, 3.05) is 19.7 Å². The lowest BCUT2D eigenvalue weighted by molar-refractivity contribution is -0.152. The van der Waals surface area contributed by atoms with Gasteiger partial charge in [0.15, 0.2) is 0 Å². The minimum absolute atomic E-state index is 0.00914. The first-order valence-corrected chi connectivity index (χ1v) is 11.8. The largest absolute Gasteiger partial charge is 0.480 e. The van der Waals surface area contributed by atoms with Crippen molar-refractivity contribution in [3.63, 3.8) is 0 Å². The van der Waals surface area contributed by atoms with Gasteiger partial charge in [0.1, 0.15) is 12.6 Å². The molecule has 2 atom stereocenters. The van der Waals surface area contributed by atoms with Gasteiger partial charge in [-0.15, -0.1) is 0 Å². The summed E-state index contributed by atoms with van der Waals surface area (Å²) in [5, 5.41) is 12.3. The zero-order chi connectivity index (χ0) is 24.5. The number of ether oxygens (including phenoxy) is 1. The van der Waals surface area contributed by atoms with Crippen molar-refractivity contribution in [1.82, 2.24) is 10.2 Å². The molecule has 1 fully saturated rings. The molecule has 1 aliphatic heterocycles. The number of rotatable bonds is 7. The Bertz CT molecular complexity index is 1050. The van der Waals surface area contributed by atoms with E-state index in [2.05, 4.69) is 29.6 Å². The molecule has 0 bridgehead atoms. The standard InChI is InChI=1S/C27H32N2O5/c1-17(24(30)29-15-13-27(2,3)23(29)25(31)32)12-14-28-26(33)34-16-22-20-10-6-4-8-18(20)19-9-5-7-11-21(19)22/h4-11,17,22-23H,12-16H2,1-3H3,(H,28,33)(H,31,32). The van der Waals surface area contributed by atoms with Crippen LogP contribution in [0.15, 0.2) is 48.5 Å². The molecule has 2 aromatic carbocycles. The summed E-state index contributed by atoms with van der Waals surface area (Å²) >= 11 is 0. The number of hydrogen-bond donors (Lipinski definition) is 2. The minimum Gasteiger partial charge on any atom is -0.480 e. The average molecular weight is 465 g/mol. The maximum atomic E-state index is 12.9. The smallest absolute Gasteiger partial charge is 0.407 e. The second-order valence-corrected chi connectivity index (χ2v) is 9.95. The highest BCUT2D eigenvalue weighted by Gasteiger charge is 2.47. The van der Waals surface area contributed by atoms with Crippen LogP contribution in [-0.4, -0.2) is 53.7 Å². The number of nitrogens with zero attached hydrogens (tertiary/aromatic N) is 1. The van der Waals surface area contributed by atoms with Crippen molar-refractivity contribution in [2.24, 2.45) is 11.3 Å². The lowest BCUT2D eigenvalue weighted by Gasteiger charge is -2.30. The van der Waals surface area contributed by atoms with Crippen molar-refractivity contribution in [2.45, 2.75) is 45.6 Å². The van der Waals surface area contributed by atoms with Crippen LogP contribution < -0.4 is 5.32 Å². The number of likely N-dealkylation sites (tertiary alicyclic amines) is 1. The number of fused-ring (bicyclic) bond motifs is 3. The first-order valence-electron chi connectivity index (χ1n) is 11.8. The molecule has 1 heterocycles. The number of carboxylic acids is 1. The van der Waals surface area contributed by atoms with E-state index in [-0.39, 0.29) is 25.0 Å². The van der Waals surface area contributed by atoms with Crippen LogP contribution in [0.25, 0.3) is 11.1 Å². The summed E-state index contributed by atoms with van der Waals surface area (Å²) in [4.78, 5) is 38.4. The Kier molecular flexibility index (Phi) is 6.64. The predicted octanol–water partition coefficient (Wildman–Crippen LogP) is 4.26. The van der Waals surface area contributed by atoms with Gasteiger partial charge in [0.25, 0.3) is 0 Å². The van der Waals surface area contributed by atoms with Gasteiger partial charge < -0.3 is 20.1 Å². The van der Waals surface area contributed by atoms with Crippen molar-refractivity contribution in [3.8, 4) is 11.1 Å². The predicted molar refractivity (Wildman–Crippen MR) is 128 cm³/mol. The molecule has 180 valence electrons. The molecule has 34 heavy (non-hydrogen) atoms. The average Bonchev–Trinajstić information content (AvgIpc) is 3.31. The fraction of sp³-hybridized carbons (Fsp3) is 0.444. The van der Waals surface area contributed by atoms with E-state index in [1.54, 1.807) is 6.92 Å². The number of carbonyl (C=O) groups is 3. The Hall–Kier alpha value is -3.35. The maximum Gasteiger partial charge on any atom is 0.407 e. The number of benzene rings is 2. The second-order valence-electron chi connectivity index (χ2n) is 9.95. The molecule has 0 radical (unpaired) electrons. The molecular formula is C27H32N2O5. The summed E-state index contributed by atoms with van der Waals surface area (Å²) < 4.78 is 5.53. The summed E-state index contributed by atoms with van der Waals surface area (Å²) in [5.41, 5.74) is 4.18. The Balaban J connectivity index is 1.28. The van der Waals surface area contributed by atoms with Gasteiger partial charge in [-0.1, -0.05) is 69.3 Å². The van der Waals surface area contributed by atoms with E-state index in [0.717, 1.165) is 11.1 Å². The van der Waals surface area contributed by atoms with Crippen LogP contribution in [0.2, 0.25) is 0 Å². The molecule has 2 N–H and O–H groups in total. The van der Waals surface area contributed by atoms with Crippen LogP contribution in [0.4, 0.5) is 4.79 Å². The number of carbonyl (C=O) groups excluding carboxylic acids is 2. The number of carboxylic acid groups (broad SMARTS) is 1. The topological polar surface area (TPSA) is 95.9 Å². The van der Waals surface area contributed by atoms with Crippen molar-refractivity contribution in [3.05, 3.63) is 59.7 Å². The number of nitrogens with one attached hydrogen (secondary N) is 1. The number of amides is 2. The highest BCUT2D eigenvalue weighted by atomic mass is 16.5. The monoisotopic (exact) mass is 464 g/mol. The molecule has 0 saturated carbocycles. The fourth-order valence-corrected chi connectivity index (χ4v) is 5.25. The Morgan fingerprint density at radius 3 is 2.26 bits per heavy atom. The zero-order valence-corrected chi connectivity index (χ0v) is 19.9. The van der Waals surface area contributed by atoms with Crippen LogP contribution in [0.1, 0.15) is 50.7 Å². The fourth-order valence-electron chi connectivity index (χ4n) is 5.25. The molecule has 7 heteroatoms. The van der Waals surface area contributed by atoms with Gasteiger partial charge in [-0.3, -0.25) is 4.79 Å². The summed E-state index contributed by atoms with van der Waals surface area (Å²) in [6, 6.07) is 15.5. The van der Waals surface area contributed by atoms with Gasteiger partial charge >= 0.3 is 12.1 Å². The number of aliphatic carboxylic acids is 1. The molecule has 0 aromatic heterocycles. The third-order valence-electron chi connectivity index (χ3n) is 7.18. The SMILES string of the molecule is CC(CCNC(=O)OCC1c2ccccc2-c2ccccc21)C(=O)N1CCC(C)(C)C1C(=O)O. The van der Waals surface area contributed by atoms with Crippen LogP contribution in [0.5, 0.6) is 0 Å². The molecular weight excluding hydrogens is 432 g/mol. The van der Waals surface area contributed by atoms with Gasteiger partial charge in [0, 0.05) is 24.9 Å². The first kappa shape index (κ1) is 23.8. The number of alkyl carbamates (subject to hydrolysis) is 1. The normalized spacial score (nSPS) is 19.3. The highest BCUT2D eigenvalue weighted by molar-refractivity contribution is 5.86. The molecule has 2 unspecified atom stereocenters. The molecule has 2 aromatic rings. The Labute approximate surface area is 200 Å². The lowest BCUT2D eigenvalue weighted by Crippen LogP contribution is -2.48. The van der Waals surface area contributed by atoms with Crippen LogP contribution in [0, 0.1) is 11.3 Å². The molecule has 2 aliphatic rings. The van der Waals surface area contributed by atoms with E-state index in [4.69, 9.17) is 4.74 Å². The van der Waals surface area contributed by atoms with Gasteiger partial charge in [-0.25, -0.2) is 9.59 Å². The van der Waals surface area contributed by atoms with Crippen LogP contribution in [-0.2, 0) is 14.3 Å². The van der Waals surface area contributed by atoms with Crippen molar-refractivity contribution < 1.29 is 24.2 Å². The lowest BCUT2D eigenvalue weighted by atomic mass is 9.84. The van der Waals surface area contributed by atoms with E-state index in [0.29, 0.717) is 19.4 Å². The maximum absolute atomic E-state index is 12.9. The van der Waals surface area contributed by atoms with E-state index >= 15 is 0 Å². The first-order chi connectivity index (χ1) is 16.2. The molecule has 4 rings (SSSR count). The van der Waals surface area contributed by atoms with Gasteiger partial charge in [0.2, 0.25) is 5.91 Å². The van der Waals surface area contributed by atoms with Crippen molar-refractivity contribution in [1.29, 1.82) is 0 Å². The van der Waals surface area contributed by atoms with Crippen molar-refractivity contribution >= 4 is 18.0 Å².